The van der Waals surface area contributed by atoms with E-state index in [9.17, 15) is 12.8 Å². The van der Waals surface area contributed by atoms with Crippen molar-refractivity contribution in [2.24, 2.45) is 5.73 Å². The summed E-state index contributed by atoms with van der Waals surface area (Å²) in [5.41, 5.74) is 5.42. The third-order valence-electron chi connectivity index (χ3n) is 2.55. The van der Waals surface area contributed by atoms with E-state index in [0.29, 0.717) is 19.6 Å². The Balaban J connectivity index is 2.84. The number of benzene rings is 1. The number of nitrogens with two attached hydrogens (primary N) is 1. The summed E-state index contributed by atoms with van der Waals surface area (Å²) < 4.78 is 45.4. The molecule has 0 unspecified atom stereocenters. The zero-order valence-corrected chi connectivity index (χ0v) is 12.7. The average Bonchev–Trinajstić information content (AvgIpc) is 2.40. The number of ether oxygens (including phenoxy) is 1. The first-order chi connectivity index (χ1) is 9.42. The molecule has 0 fully saturated rings. The molecule has 0 bridgehead atoms. The predicted octanol–water partition coefficient (Wildman–Crippen LogP) is 1.64. The fraction of sp³-hybridized carbons (Fsp3) is 0.500. The number of nitrogens with one attached hydrogen (secondary N) is 1. The Morgan fingerprint density at radius 1 is 1.45 bits per heavy atom. The minimum Gasteiger partial charge on any atom is -0.382 e. The van der Waals surface area contributed by atoms with E-state index in [1.54, 1.807) is 0 Å². The molecule has 1 aromatic carbocycles. The Morgan fingerprint density at radius 2 is 2.15 bits per heavy atom. The minimum absolute atomic E-state index is 0.0622. The highest BCUT2D eigenvalue weighted by Gasteiger charge is 2.21. The van der Waals surface area contributed by atoms with Crippen molar-refractivity contribution < 1.29 is 17.5 Å². The normalized spacial score (nSPS) is 11.8. The number of sulfonamides is 1. The van der Waals surface area contributed by atoms with Gasteiger partial charge >= 0.3 is 0 Å². The Bertz CT molecular complexity index is 552. The van der Waals surface area contributed by atoms with Crippen molar-refractivity contribution in [3.05, 3.63) is 28.5 Å². The summed E-state index contributed by atoms with van der Waals surface area (Å²) in [5.74, 6) is -0.866. The van der Waals surface area contributed by atoms with E-state index in [2.05, 4.69) is 4.72 Å². The molecule has 0 aliphatic heterocycles. The van der Waals surface area contributed by atoms with E-state index in [4.69, 9.17) is 22.1 Å². The van der Waals surface area contributed by atoms with Gasteiger partial charge in [-0.15, -0.1) is 0 Å². The Morgan fingerprint density at radius 3 is 2.75 bits per heavy atom. The zero-order chi connectivity index (χ0) is 15.2. The molecule has 0 radical (unpaired) electrons. The van der Waals surface area contributed by atoms with Crippen LogP contribution in [0.3, 0.4) is 0 Å². The molecule has 0 aromatic heterocycles. The van der Waals surface area contributed by atoms with E-state index >= 15 is 0 Å². The fourth-order valence-electron chi connectivity index (χ4n) is 1.57. The average molecular weight is 325 g/mol. The molecule has 114 valence electrons. The first-order valence-electron chi connectivity index (χ1n) is 6.17. The maximum absolute atomic E-state index is 14.0. The Hall–Kier alpha value is -0.730. The summed E-state index contributed by atoms with van der Waals surface area (Å²) >= 11 is 5.77. The van der Waals surface area contributed by atoms with Crippen molar-refractivity contribution in [2.45, 2.75) is 24.8 Å². The molecular formula is C12H18ClFN2O3S. The summed E-state index contributed by atoms with van der Waals surface area (Å²) in [5, 5.41) is 0.126. The molecule has 0 atom stereocenters. The summed E-state index contributed by atoms with van der Waals surface area (Å²) in [7, 11) is -3.95. The van der Waals surface area contributed by atoms with Crippen molar-refractivity contribution in [1.82, 2.24) is 4.72 Å². The monoisotopic (exact) mass is 324 g/mol. The van der Waals surface area contributed by atoms with Gasteiger partial charge in [-0.25, -0.2) is 17.5 Å². The van der Waals surface area contributed by atoms with Crippen LogP contribution in [0.4, 0.5) is 4.39 Å². The lowest BCUT2D eigenvalue weighted by atomic mass is 10.2. The quantitative estimate of drug-likeness (QED) is 0.712. The lowest BCUT2D eigenvalue weighted by Gasteiger charge is -2.10. The molecular weight excluding hydrogens is 307 g/mol. The predicted molar refractivity (Wildman–Crippen MR) is 75.6 cm³/mol. The molecule has 0 spiro atoms. The lowest BCUT2D eigenvalue weighted by Crippen LogP contribution is -2.27. The van der Waals surface area contributed by atoms with Crippen LogP contribution in [0.25, 0.3) is 0 Å². The van der Waals surface area contributed by atoms with Crippen LogP contribution in [0.15, 0.2) is 17.0 Å². The molecule has 0 aliphatic carbocycles. The molecule has 3 N–H and O–H groups in total. The second kappa shape index (κ2) is 7.90. The number of halogens is 2. The molecule has 0 heterocycles. The van der Waals surface area contributed by atoms with E-state index < -0.39 is 20.7 Å². The van der Waals surface area contributed by atoms with E-state index in [1.807, 2.05) is 6.92 Å². The molecule has 5 nitrogen and oxygen atoms in total. The SMILES string of the molecule is CCOCCCNS(=O)(=O)c1cc(Cl)cc(CN)c1F. The van der Waals surface area contributed by atoms with Crippen LogP contribution < -0.4 is 10.5 Å². The van der Waals surface area contributed by atoms with Gasteiger partial charge in [-0.3, -0.25) is 0 Å². The van der Waals surface area contributed by atoms with Crippen molar-refractivity contribution in [3.8, 4) is 0 Å². The molecule has 0 saturated heterocycles. The van der Waals surface area contributed by atoms with Crippen molar-refractivity contribution >= 4 is 21.6 Å². The van der Waals surface area contributed by atoms with Gasteiger partial charge in [-0.05, 0) is 25.5 Å². The van der Waals surface area contributed by atoms with Crippen molar-refractivity contribution in [2.75, 3.05) is 19.8 Å². The second-order valence-corrected chi connectivity index (χ2v) is 6.20. The van der Waals surface area contributed by atoms with Crippen LogP contribution in [0, 0.1) is 5.82 Å². The highest BCUT2D eigenvalue weighted by molar-refractivity contribution is 7.89. The van der Waals surface area contributed by atoms with Crippen molar-refractivity contribution in [3.63, 3.8) is 0 Å². The van der Waals surface area contributed by atoms with Crippen LogP contribution in [-0.2, 0) is 21.3 Å². The van der Waals surface area contributed by atoms with Gasteiger partial charge in [-0.1, -0.05) is 11.6 Å². The molecule has 1 aromatic rings. The van der Waals surface area contributed by atoms with Crippen LogP contribution in [0.5, 0.6) is 0 Å². The van der Waals surface area contributed by atoms with Crippen molar-refractivity contribution in [1.29, 1.82) is 0 Å². The smallest absolute Gasteiger partial charge is 0.243 e. The van der Waals surface area contributed by atoms with Gasteiger partial charge in [0, 0.05) is 36.9 Å². The standard InChI is InChI=1S/C12H18ClFN2O3S/c1-2-19-5-3-4-16-20(17,18)11-7-10(13)6-9(8-15)12(11)14/h6-7,16H,2-5,8,15H2,1H3. The molecule has 0 saturated carbocycles. The molecule has 0 amide bonds. The van der Waals surface area contributed by atoms with Gasteiger partial charge in [0.25, 0.3) is 0 Å². The maximum Gasteiger partial charge on any atom is 0.243 e. The summed E-state index contributed by atoms with van der Waals surface area (Å²) in [6.07, 6.45) is 0.499. The van der Waals surface area contributed by atoms with Gasteiger partial charge in [0.2, 0.25) is 10.0 Å². The molecule has 1 rings (SSSR count). The zero-order valence-electron chi connectivity index (χ0n) is 11.2. The number of hydrogen-bond acceptors (Lipinski definition) is 4. The number of hydrogen-bond donors (Lipinski definition) is 2. The third-order valence-corrected chi connectivity index (χ3v) is 4.23. The summed E-state index contributed by atoms with van der Waals surface area (Å²) in [4.78, 5) is -0.484. The Labute approximate surface area is 123 Å². The highest BCUT2D eigenvalue weighted by Crippen LogP contribution is 2.23. The van der Waals surface area contributed by atoms with Crippen LogP contribution in [-0.4, -0.2) is 28.2 Å². The molecule has 8 heteroatoms. The number of rotatable bonds is 8. The topological polar surface area (TPSA) is 81.4 Å². The van der Waals surface area contributed by atoms with Gasteiger partial charge in [-0.2, -0.15) is 0 Å². The molecule has 20 heavy (non-hydrogen) atoms. The van der Waals surface area contributed by atoms with E-state index in [1.165, 1.54) is 6.07 Å². The fourth-order valence-corrected chi connectivity index (χ4v) is 3.09. The maximum atomic E-state index is 14.0. The lowest BCUT2D eigenvalue weighted by molar-refractivity contribution is 0.146. The third kappa shape index (κ3) is 4.68. The second-order valence-electron chi connectivity index (χ2n) is 4.03. The van der Waals surface area contributed by atoms with E-state index in [0.717, 1.165) is 6.07 Å². The molecule has 0 aliphatic rings. The summed E-state index contributed by atoms with van der Waals surface area (Å²) in [6, 6.07) is 2.38. The summed E-state index contributed by atoms with van der Waals surface area (Å²) in [6.45, 7) is 2.88. The first kappa shape index (κ1) is 17.3. The highest BCUT2D eigenvalue weighted by atomic mass is 35.5. The van der Waals surface area contributed by atoms with Gasteiger partial charge in [0.05, 0.1) is 0 Å². The van der Waals surface area contributed by atoms with Gasteiger partial charge < -0.3 is 10.5 Å². The van der Waals surface area contributed by atoms with E-state index in [-0.39, 0.29) is 23.7 Å². The van der Waals surface area contributed by atoms with Crippen LogP contribution in [0.1, 0.15) is 18.9 Å². The van der Waals surface area contributed by atoms with Crippen LogP contribution in [0.2, 0.25) is 5.02 Å². The minimum atomic E-state index is -3.95. The largest absolute Gasteiger partial charge is 0.382 e. The van der Waals surface area contributed by atoms with Gasteiger partial charge in [0.1, 0.15) is 10.7 Å². The Kier molecular flexibility index (Phi) is 6.84. The van der Waals surface area contributed by atoms with Crippen LogP contribution >= 0.6 is 11.6 Å². The first-order valence-corrected chi connectivity index (χ1v) is 8.04. The van der Waals surface area contributed by atoms with Gasteiger partial charge in [0.15, 0.2) is 0 Å².